The first-order chi connectivity index (χ1) is 6.84. The molecule has 0 aliphatic heterocycles. The van der Waals surface area contributed by atoms with Gasteiger partial charge in [0.15, 0.2) is 18.4 Å². The zero-order valence-electron chi connectivity index (χ0n) is 8.70. The van der Waals surface area contributed by atoms with Crippen LogP contribution in [0.4, 0.5) is 0 Å². The Morgan fingerprint density at radius 2 is 1.73 bits per heavy atom. The van der Waals surface area contributed by atoms with E-state index in [1.165, 1.54) is 0 Å². The second-order valence-corrected chi connectivity index (χ2v) is 4.83. The molecule has 1 aromatic rings. The van der Waals surface area contributed by atoms with Crippen molar-refractivity contribution in [2.45, 2.75) is 13.0 Å². The second-order valence-electron chi connectivity index (χ2n) is 3.06. The molecule has 0 saturated heterocycles. The average Bonchev–Trinajstić information content (AvgIpc) is 2.15. The third-order valence-corrected chi connectivity index (χ3v) is 2.04. The van der Waals surface area contributed by atoms with E-state index in [2.05, 4.69) is 36.5 Å². The third kappa shape index (κ3) is 9.71. The van der Waals surface area contributed by atoms with Gasteiger partial charge in [0.05, 0.1) is 15.9 Å². The van der Waals surface area contributed by atoms with Crippen molar-refractivity contribution in [3.8, 4) is 0 Å². The molecule has 0 aromatic carbocycles. The maximum atomic E-state index is 9.08. The van der Waals surface area contributed by atoms with Crippen LogP contribution >= 0.6 is 12.6 Å². The van der Waals surface area contributed by atoms with Crippen molar-refractivity contribution in [3.05, 3.63) is 30.6 Å². The Balaban J connectivity index is 0.000000336. The minimum atomic E-state index is -3.92. The van der Waals surface area contributed by atoms with E-state index in [-0.39, 0.29) is 0 Å². The van der Waals surface area contributed by atoms with Crippen LogP contribution in [0.25, 0.3) is 0 Å². The summed E-state index contributed by atoms with van der Waals surface area (Å²) in [5, 5.41) is 0. The Morgan fingerprint density at radius 1 is 1.33 bits per heavy atom. The number of pyridine rings is 1. The number of rotatable bonds is 2. The molecule has 86 valence electrons. The molecule has 1 aromatic heterocycles. The molecule has 0 radical (unpaired) electrons. The van der Waals surface area contributed by atoms with Crippen LogP contribution in [-0.2, 0) is 10.1 Å². The van der Waals surface area contributed by atoms with E-state index >= 15 is 0 Å². The first kappa shape index (κ1) is 14.4. The van der Waals surface area contributed by atoms with Gasteiger partial charge in [-0.2, -0.15) is 12.6 Å². The van der Waals surface area contributed by atoms with E-state index in [1.807, 2.05) is 18.2 Å². The normalized spacial score (nSPS) is 12.5. The summed E-state index contributed by atoms with van der Waals surface area (Å²) in [5.41, 5.74) is 0. The van der Waals surface area contributed by atoms with Gasteiger partial charge >= 0.3 is 0 Å². The van der Waals surface area contributed by atoms with Gasteiger partial charge in [-0.05, 0) is 6.92 Å². The Hall–Kier alpha value is -0.590. The van der Waals surface area contributed by atoms with Crippen LogP contribution in [0.5, 0.6) is 0 Å². The summed E-state index contributed by atoms with van der Waals surface area (Å²) in [4.78, 5) is 0. The standard InChI is InChI=1S/C8H11NS.CH4O3S/c1-8(7-10)9-5-3-2-4-6-9;1-5(2,3)4/h2-6,8H,7H2,1H3;1H3,(H,2,3,4). The second kappa shape index (κ2) is 6.81. The van der Waals surface area contributed by atoms with Crippen molar-refractivity contribution in [1.29, 1.82) is 0 Å². The molecule has 1 heterocycles. The number of thiol groups is 1. The Labute approximate surface area is 96.1 Å². The summed E-state index contributed by atoms with van der Waals surface area (Å²) >= 11 is 4.21. The molecule has 0 aliphatic carbocycles. The SMILES string of the molecule is CC(CS)[n+]1ccccc1.CS(=O)(=O)[O-]. The molecule has 0 fully saturated rings. The summed E-state index contributed by atoms with van der Waals surface area (Å²) in [7, 11) is -3.92. The van der Waals surface area contributed by atoms with Gasteiger partial charge in [-0.1, -0.05) is 6.07 Å². The summed E-state index contributed by atoms with van der Waals surface area (Å²) in [5.74, 6) is 0.884. The predicted octanol–water partition coefficient (Wildman–Crippen LogP) is 0.626. The van der Waals surface area contributed by atoms with Crippen LogP contribution < -0.4 is 4.57 Å². The minimum absolute atomic E-state index is 0.490. The van der Waals surface area contributed by atoms with Gasteiger partial charge in [-0.3, -0.25) is 0 Å². The Morgan fingerprint density at radius 3 is 2.07 bits per heavy atom. The van der Waals surface area contributed by atoms with Gasteiger partial charge in [0, 0.05) is 18.4 Å². The highest BCUT2D eigenvalue weighted by atomic mass is 32.2. The van der Waals surface area contributed by atoms with Gasteiger partial charge < -0.3 is 4.55 Å². The highest BCUT2D eigenvalue weighted by molar-refractivity contribution is 7.84. The summed E-state index contributed by atoms with van der Waals surface area (Å²) in [6, 6.07) is 6.56. The third-order valence-electron chi connectivity index (χ3n) is 1.51. The maximum absolute atomic E-state index is 9.08. The van der Waals surface area contributed by atoms with Crippen LogP contribution in [-0.4, -0.2) is 25.0 Å². The van der Waals surface area contributed by atoms with Crippen molar-refractivity contribution in [2.24, 2.45) is 0 Å². The fourth-order valence-corrected chi connectivity index (χ4v) is 0.989. The van der Waals surface area contributed by atoms with Crippen molar-refractivity contribution >= 4 is 22.7 Å². The lowest BCUT2D eigenvalue weighted by Crippen LogP contribution is -2.37. The highest BCUT2D eigenvalue weighted by Crippen LogP contribution is 1.94. The highest BCUT2D eigenvalue weighted by Gasteiger charge is 2.06. The summed E-state index contributed by atoms with van der Waals surface area (Å²) < 4.78 is 29.4. The quantitative estimate of drug-likeness (QED) is 0.475. The fourth-order valence-electron chi connectivity index (χ4n) is 0.800. The van der Waals surface area contributed by atoms with E-state index in [0.717, 1.165) is 5.75 Å². The number of hydrogen-bond donors (Lipinski definition) is 1. The van der Waals surface area contributed by atoms with E-state index in [4.69, 9.17) is 13.0 Å². The van der Waals surface area contributed by atoms with Crippen molar-refractivity contribution in [3.63, 3.8) is 0 Å². The predicted molar refractivity (Wildman–Crippen MR) is 60.8 cm³/mol. The molecule has 1 atom stereocenters. The molecular weight excluding hydrogens is 234 g/mol. The number of nitrogens with zero attached hydrogens (tertiary/aromatic N) is 1. The van der Waals surface area contributed by atoms with Crippen molar-refractivity contribution in [2.75, 3.05) is 12.0 Å². The summed E-state index contributed by atoms with van der Waals surface area (Å²) in [6.45, 7) is 2.15. The van der Waals surface area contributed by atoms with Gasteiger partial charge in [0.1, 0.15) is 0 Å². The zero-order chi connectivity index (χ0) is 11.9. The molecule has 0 N–H and O–H groups in total. The molecule has 6 heteroatoms. The van der Waals surface area contributed by atoms with E-state index < -0.39 is 10.1 Å². The van der Waals surface area contributed by atoms with Gasteiger partial charge in [0.25, 0.3) is 0 Å². The largest absolute Gasteiger partial charge is 0.748 e. The van der Waals surface area contributed by atoms with Crippen molar-refractivity contribution < 1.29 is 17.5 Å². The van der Waals surface area contributed by atoms with E-state index in [1.54, 1.807) is 0 Å². The topological polar surface area (TPSA) is 61.1 Å². The lowest BCUT2D eigenvalue weighted by molar-refractivity contribution is -0.714. The molecule has 0 amide bonds. The molecular formula is C9H15NO3S2. The van der Waals surface area contributed by atoms with Gasteiger partial charge in [-0.25, -0.2) is 13.0 Å². The van der Waals surface area contributed by atoms with Gasteiger partial charge in [-0.15, -0.1) is 0 Å². The molecule has 0 saturated carbocycles. The smallest absolute Gasteiger partial charge is 0.169 e. The monoisotopic (exact) mass is 249 g/mol. The number of aromatic nitrogens is 1. The number of hydrogen-bond acceptors (Lipinski definition) is 4. The molecule has 1 unspecified atom stereocenters. The lowest BCUT2D eigenvalue weighted by Gasteiger charge is -2.00. The fraction of sp³-hybridized carbons (Fsp3) is 0.444. The summed E-state index contributed by atoms with van der Waals surface area (Å²) in [6.07, 6.45) is 4.72. The molecule has 0 bridgehead atoms. The maximum Gasteiger partial charge on any atom is 0.169 e. The molecule has 1 rings (SSSR count). The Bertz CT molecular complexity index is 356. The minimum Gasteiger partial charge on any atom is -0.748 e. The zero-order valence-corrected chi connectivity index (χ0v) is 10.4. The van der Waals surface area contributed by atoms with Crippen LogP contribution in [0.15, 0.2) is 30.6 Å². The van der Waals surface area contributed by atoms with Crippen molar-refractivity contribution in [1.82, 2.24) is 0 Å². The first-order valence-electron chi connectivity index (χ1n) is 4.32. The van der Waals surface area contributed by atoms with Crippen LogP contribution in [0.2, 0.25) is 0 Å². The van der Waals surface area contributed by atoms with Crippen LogP contribution in [0, 0.1) is 0 Å². The lowest BCUT2D eigenvalue weighted by atomic mass is 10.3. The molecule has 0 aliphatic rings. The van der Waals surface area contributed by atoms with Crippen LogP contribution in [0.3, 0.4) is 0 Å². The average molecular weight is 249 g/mol. The molecule has 0 spiro atoms. The first-order valence-corrected chi connectivity index (χ1v) is 6.77. The Kier molecular flexibility index (Phi) is 6.55. The van der Waals surface area contributed by atoms with E-state index in [9.17, 15) is 0 Å². The van der Waals surface area contributed by atoms with E-state index in [0.29, 0.717) is 12.3 Å². The van der Waals surface area contributed by atoms with Crippen LogP contribution in [0.1, 0.15) is 13.0 Å². The molecule has 15 heavy (non-hydrogen) atoms. The molecule has 4 nitrogen and oxygen atoms in total. The van der Waals surface area contributed by atoms with Gasteiger partial charge in [0.2, 0.25) is 0 Å².